The molecular formula is C24H26O2. The number of rotatable bonds is 6. The van der Waals surface area contributed by atoms with Gasteiger partial charge in [-0.3, -0.25) is 0 Å². The summed E-state index contributed by atoms with van der Waals surface area (Å²) in [5, 5.41) is 0. The third-order valence-electron chi connectivity index (χ3n) is 4.55. The highest BCUT2D eigenvalue weighted by atomic mass is 16.5. The summed E-state index contributed by atoms with van der Waals surface area (Å²) in [6.45, 7) is 4.46. The lowest BCUT2D eigenvalue weighted by molar-refractivity contribution is 0.407. The maximum Gasteiger partial charge on any atom is 0.122 e. The van der Waals surface area contributed by atoms with Crippen molar-refractivity contribution in [1.82, 2.24) is 0 Å². The van der Waals surface area contributed by atoms with Crippen LogP contribution in [0.15, 0.2) is 66.7 Å². The van der Waals surface area contributed by atoms with Gasteiger partial charge in [-0.2, -0.15) is 0 Å². The SMILES string of the molecule is COc1ccc(-c2ccc(-c3ccc(OC)c(CC(C)C)c3)cc2)cc1. The standard InChI is InChI=1S/C24H26O2/c1-17(2)15-22-16-21(11-14-24(22)26-4)20-7-5-18(6-8-20)19-9-12-23(25-3)13-10-19/h5-14,16-17H,15H2,1-4H3. The summed E-state index contributed by atoms with van der Waals surface area (Å²) < 4.78 is 10.8. The van der Waals surface area contributed by atoms with E-state index in [4.69, 9.17) is 9.47 Å². The molecule has 0 aromatic heterocycles. The predicted octanol–water partition coefficient (Wildman–Crippen LogP) is 6.24. The van der Waals surface area contributed by atoms with E-state index < -0.39 is 0 Å². The van der Waals surface area contributed by atoms with Gasteiger partial charge in [0.25, 0.3) is 0 Å². The molecule has 2 heteroatoms. The van der Waals surface area contributed by atoms with Crippen LogP contribution in [0.3, 0.4) is 0 Å². The third kappa shape index (κ3) is 4.08. The summed E-state index contributed by atoms with van der Waals surface area (Å²) in [5.74, 6) is 2.44. The molecule has 3 aromatic rings. The van der Waals surface area contributed by atoms with Gasteiger partial charge >= 0.3 is 0 Å². The fourth-order valence-corrected chi connectivity index (χ4v) is 3.20. The average Bonchev–Trinajstić information content (AvgIpc) is 2.68. The van der Waals surface area contributed by atoms with Crippen LogP contribution in [0.4, 0.5) is 0 Å². The minimum Gasteiger partial charge on any atom is -0.497 e. The Morgan fingerprint density at radius 1 is 0.654 bits per heavy atom. The van der Waals surface area contributed by atoms with Crippen LogP contribution in [0.25, 0.3) is 22.3 Å². The molecule has 2 nitrogen and oxygen atoms in total. The summed E-state index contributed by atoms with van der Waals surface area (Å²) in [7, 11) is 3.43. The van der Waals surface area contributed by atoms with Crippen LogP contribution in [0, 0.1) is 5.92 Å². The summed E-state index contributed by atoms with van der Waals surface area (Å²) >= 11 is 0. The predicted molar refractivity (Wildman–Crippen MR) is 109 cm³/mol. The Labute approximate surface area is 156 Å². The fourth-order valence-electron chi connectivity index (χ4n) is 3.20. The van der Waals surface area contributed by atoms with E-state index in [9.17, 15) is 0 Å². The van der Waals surface area contributed by atoms with Gasteiger partial charge in [-0.05, 0) is 64.4 Å². The molecule has 0 aliphatic carbocycles. The van der Waals surface area contributed by atoms with E-state index in [-0.39, 0.29) is 0 Å². The van der Waals surface area contributed by atoms with Crippen LogP contribution < -0.4 is 9.47 Å². The van der Waals surface area contributed by atoms with Crippen LogP contribution in [-0.4, -0.2) is 14.2 Å². The van der Waals surface area contributed by atoms with Crippen molar-refractivity contribution >= 4 is 0 Å². The largest absolute Gasteiger partial charge is 0.497 e. The van der Waals surface area contributed by atoms with Crippen LogP contribution in [0.5, 0.6) is 11.5 Å². The summed E-state index contributed by atoms with van der Waals surface area (Å²) in [5.41, 5.74) is 6.09. The molecule has 0 N–H and O–H groups in total. The van der Waals surface area contributed by atoms with E-state index >= 15 is 0 Å². The second kappa shape index (κ2) is 8.09. The Bertz CT molecular complexity index is 846. The highest BCUT2D eigenvalue weighted by molar-refractivity contribution is 5.71. The zero-order chi connectivity index (χ0) is 18.5. The first kappa shape index (κ1) is 18.1. The Balaban J connectivity index is 1.88. The molecule has 0 saturated carbocycles. The number of methoxy groups -OCH3 is 2. The van der Waals surface area contributed by atoms with E-state index in [1.54, 1.807) is 14.2 Å². The Morgan fingerprint density at radius 3 is 1.65 bits per heavy atom. The number of hydrogen-bond acceptors (Lipinski definition) is 2. The summed E-state index contributed by atoms with van der Waals surface area (Å²) in [4.78, 5) is 0. The molecule has 0 saturated heterocycles. The van der Waals surface area contributed by atoms with Crippen LogP contribution in [0.1, 0.15) is 19.4 Å². The van der Waals surface area contributed by atoms with Gasteiger partial charge in [-0.1, -0.05) is 56.3 Å². The van der Waals surface area contributed by atoms with Gasteiger partial charge in [0.1, 0.15) is 11.5 Å². The number of hydrogen-bond donors (Lipinski definition) is 0. The molecular weight excluding hydrogens is 320 g/mol. The summed E-state index contributed by atoms with van der Waals surface area (Å²) in [6.07, 6.45) is 1.01. The minimum absolute atomic E-state index is 0.594. The van der Waals surface area contributed by atoms with Gasteiger partial charge in [0.05, 0.1) is 14.2 Å². The third-order valence-corrected chi connectivity index (χ3v) is 4.55. The zero-order valence-electron chi connectivity index (χ0n) is 16.0. The topological polar surface area (TPSA) is 18.5 Å². The molecule has 26 heavy (non-hydrogen) atoms. The fraction of sp³-hybridized carbons (Fsp3) is 0.250. The zero-order valence-corrected chi connectivity index (χ0v) is 16.0. The van der Waals surface area contributed by atoms with Crippen molar-refractivity contribution in [2.45, 2.75) is 20.3 Å². The molecule has 3 rings (SSSR count). The lowest BCUT2D eigenvalue weighted by Gasteiger charge is -2.13. The van der Waals surface area contributed by atoms with E-state index in [2.05, 4.69) is 68.4 Å². The van der Waals surface area contributed by atoms with Gasteiger partial charge < -0.3 is 9.47 Å². The highest BCUT2D eigenvalue weighted by Crippen LogP contribution is 2.30. The van der Waals surface area contributed by atoms with Crippen molar-refractivity contribution in [3.63, 3.8) is 0 Å². The molecule has 0 atom stereocenters. The van der Waals surface area contributed by atoms with Crippen LogP contribution in [0.2, 0.25) is 0 Å². The first-order chi connectivity index (χ1) is 12.6. The van der Waals surface area contributed by atoms with Crippen molar-refractivity contribution in [3.8, 4) is 33.8 Å². The second-order valence-corrected chi connectivity index (χ2v) is 6.93. The molecule has 0 aliphatic rings. The molecule has 0 fully saturated rings. The maximum atomic E-state index is 5.52. The molecule has 134 valence electrons. The maximum absolute atomic E-state index is 5.52. The first-order valence-corrected chi connectivity index (χ1v) is 9.02. The van der Waals surface area contributed by atoms with E-state index in [1.165, 1.54) is 27.8 Å². The van der Waals surface area contributed by atoms with Crippen molar-refractivity contribution in [1.29, 1.82) is 0 Å². The molecule has 0 bridgehead atoms. The molecule has 0 radical (unpaired) electrons. The lowest BCUT2D eigenvalue weighted by Crippen LogP contribution is -1.98. The molecule has 0 aliphatic heterocycles. The van der Waals surface area contributed by atoms with Gasteiger partial charge in [0, 0.05) is 0 Å². The van der Waals surface area contributed by atoms with E-state index in [1.807, 2.05) is 12.1 Å². The highest BCUT2D eigenvalue weighted by Gasteiger charge is 2.08. The number of ether oxygens (including phenoxy) is 2. The first-order valence-electron chi connectivity index (χ1n) is 9.02. The van der Waals surface area contributed by atoms with Crippen LogP contribution >= 0.6 is 0 Å². The van der Waals surface area contributed by atoms with Crippen molar-refractivity contribution in [2.75, 3.05) is 14.2 Å². The van der Waals surface area contributed by atoms with E-state index in [0.717, 1.165) is 17.9 Å². The monoisotopic (exact) mass is 346 g/mol. The van der Waals surface area contributed by atoms with Gasteiger partial charge in [0.2, 0.25) is 0 Å². The molecule has 0 spiro atoms. The lowest BCUT2D eigenvalue weighted by atomic mass is 9.96. The van der Waals surface area contributed by atoms with Gasteiger partial charge in [0.15, 0.2) is 0 Å². The average molecular weight is 346 g/mol. The minimum atomic E-state index is 0.594. The quantitative estimate of drug-likeness (QED) is 0.526. The van der Waals surface area contributed by atoms with Crippen molar-refractivity contribution < 1.29 is 9.47 Å². The normalized spacial score (nSPS) is 10.8. The van der Waals surface area contributed by atoms with Crippen molar-refractivity contribution in [2.24, 2.45) is 5.92 Å². The molecule has 0 amide bonds. The molecule has 3 aromatic carbocycles. The summed E-state index contributed by atoms with van der Waals surface area (Å²) in [6, 6.07) is 23.3. The van der Waals surface area contributed by atoms with Gasteiger partial charge in [-0.25, -0.2) is 0 Å². The second-order valence-electron chi connectivity index (χ2n) is 6.93. The van der Waals surface area contributed by atoms with E-state index in [0.29, 0.717) is 5.92 Å². The Kier molecular flexibility index (Phi) is 5.62. The number of benzene rings is 3. The van der Waals surface area contributed by atoms with Gasteiger partial charge in [-0.15, -0.1) is 0 Å². The van der Waals surface area contributed by atoms with Crippen LogP contribution in [-0.2, 0) is 6.42 Å². The Morgan fingerprint density at radius 2 is 1.15 bits per heavy atom. The molecule has 0 unspecified atom stereocenters. The molecule has 0 heterocycles. The van der Waals surface area contributed by atoms with Crippen molar-refractivity contribution in [3.05, 3.63) is 72.3 Å². The Hall–Kier alpha value is -2.74. The smallest absolute Gasteiger partial charge is 0.122 e.